The van der Waals surface area contributed by atoms with E-state index in [1.54, 1.807) is 4.90 Å². The second-order valence-corrected chi connectivity index (χ2v) is 6.41. The van der Waals surface area contributed by atoms with Crippen molar-refractivity contribution in [2.75, 3.05) is 11.4 Å². The largest absolute Gasteiger partial charge is 0.443 e. The Morgan fingerprint density at radius 3 is 2.75 bits per heavy atom. The van der Waals surface area contributed by atoms with Crippen LogP contribution in [0.4, 0.5) is 10.5 Å². The maximum absolute atomic E-state index is 12.5. The Kier molecular flexibility index (Phi) is 4.04. The third-order valence-electron chi connectivity index (χ3n) is 3.47. The van der Waals surface area contributed by atoms with Gasteiger partial charge in [-0.05, 0) is 52.2 Å². The molecule has 1 aromatic carbocycles. The molecule has 2 N–H and O–H groups in total. The number of fused-ring (bicyclic) bond motifs is 1. The first-order chi connectivity index (χ1) is 9.31. The van der Waals surface area contributed by atoms with Gasteiger partial charge in [0.2, 0.25) is 0 Å². The fourth-order valence-electron chi connectivity index (χ4n) is 2.58. The minimum absolute atomic E-state index is 0.0139. The lowest BCUT2D eigenvalue weighted by molar-refractivity contribution is 0.0561. The number of rotatable bonds is 1. The van der Waals surface area contributed by atoms with E-state index in [1.165, 1.54) is 11.1 Å². The lowest BCUT2D eigenvalue weighted by Crippen LogP contribution is -2.49. The Bertz CT molecular complexity index is 506. The summed E-state index contributed by atoms with van der Waals surface area (Å²) in [5.41, 5.74) is 8.67. The molecule has 1 aliphatic heterocycles. The molecule has 0 spiro atoms. The molecule has 0 aromatic heterocycles. The molecule has 1 atom stereocenters. The molecule has 0 aliphatic carbocycles. The van der Waals surface area contributed by atoms with Crippen LogP contribution < -0.4 is 10.6 Å². The van der Waals surface area contributed by atoms with Crippen LogP contribution in [0.1, 0.15) is 38.3 Å². The van der Waals surface area contributed by atoms with Crippen molar-refractivity contribution in [3.63, 3.8) is 0 Å². The predicted octanol–water partition coefficient (Wildman–Crippen LogP) is 3.01. The van der Waals surface area contributed by atoms with Crippen LogP contribution in [0.3, 0.4) is 0 Å². The first-order valence-corrected chi connectivity index (χ1v) is 7.13. The van der Waals surface area contributed by atoms with E-state index >= 15 is 0 Å². The highest BCUT2D eigenvalue weighted by Gasteiger charge is 2.33. The van der Waals surface area contributed by atoms with Gasteiger partial charge in [0.15, 0.2) is 0 Å². The topological polar surface area (TPSA) is 55.6 Å². The molecule has 0 bridgehead atoms. The van der Waals surface area contributed by atoms with Crippen molar-refractivity contribution in [2.45, 2.75) is 52.2 Å². The summed E-state index contributed by atoms with van der Waals surface area (Å²) in [5, 5.41) is 0. The van der Waals surface area contributed by atoms with Gasteiger partial charge in [0.25, 0.3) is 0 Å². The predicted molar refractivity (Wildman–Crippen MR) is 81.1 cm³/mol. The van der Waals surface area contributed by atoms with Gasteiger partial charge in [-0.15, -0.1) is 0 Å². The Balaban J connectivity index is 2.35. The quantitative estimate of drug-likeness (QED) is 0.858. The fourth-order valence-corrected chi connectivity index (χ4v) is 2.58. The number of carbonyl (C=O) groups excluding carboxylic acids is 1. The zero-order chi connectivity index (χ0) is 14.9. The number of aryl methyl sites for hydroxylation is 2. The van der Waals surface area contributed by atoms with Gasteiger partial charge < -0.3 is 10.5 Å². The Morgan fingerprint density at radius 2 is 2.15 bits per heavy atom. The number of hydrogen-bond donors (Lipinski definition) is 1. The number of hydrogen-bond acceptors (Lipinski definition) is 3. The van der Waals surface area contributed by atoms with Crippen molar-refractivity contribution in [2.24, 2.45) is 5.73 Å². The normalized spacial score (nSPS) is 18.6. The second kappa shape index (κ2) is 5.44. The summed E-state index contributed by atoms with van der Waals surface area (Å²) in [7, 11) is 0. The first kappa shape index (κ1) is 14.9. The Morgan fingerprint density at radius 1 is 1.45 bits per heavy atom. The summed E-state index contributed by atoms with van der Waals surface area (Å²) in [6.07, 6.45) is 1.53. The van der Waals surface area contributed by atoms with E-state index in [9.17, 15) is 4.79 Å². The smallest absolute Gasteiger partial charge is 0.415 e. The van der Waals surface area contributed by atoms with Gasteiger partial charge in [-0.3, -0.25) is 4.90 Å². The third-order valence-corrected chi connectivity index (χ3v) is 3.47. The maximum atomic E-state index is 12.5. The summed E-state index contributed by atoms with van der Waals surface area (Å²) in [6.45, 7) is 8.15. The number of nitrogens with two attached hydrogens (primary N) is 1. The zero-order valence-corrected chi connectivity index (χ0v) is 12.8. The lowest BCUT2D eigenvalue weighted by Gasteiger charge is -2.37. The van der Waals surface area contributed by atoms with Crippen LogP contribution in [0.2, 0.25) is 0 Å². The summed E-state index contributed by atoms with van der Waals surface area (Å²) in [5.74, 6) is 0. The van der Waals surface area contributed by atoms with Crippen LogP contribution >= 0.6 is 0 Å². The molecule has 1 amide bonds. The maximum Gasteiger partial charge on any atom is 0.415 e. The molecule has 1 aromatic rings. The molecule has 1 heterocycles. The second-order valence-electron chi connectivity index (χ2n) is 6.41. The third kappa shape index (κ3) is 3.12. The number of nitrogens with zero attached hydrogens (tertiary/aromatic N) is 1. The number of ether oxygens (including phenoxy) is 1. The molecular weight excluding hydrogens is 252 g/mol. The highest BCUT2D eigenvalue weighted by Crippen LogP contribution is 2.32. The van der Waals surface area contributed by atoms with Crippen molar-refractivity contribution in [3.05, 3.63) is 29.3 Å². The van der Waals surface area contributed by atoms with Crippen molar-refractivity contribution >= 4 is 11.8 Å². The minimum Gasteiger partial charge on any atom is -0.443 e. The molecule has 1 aliphatic rings. The molecule has 0 saturated heterocycles. The Hall–Kier alpha value is -1.55. The molecule has 4 nitrogen and oxygen atoms in total. The molecule has 4 heteroatoms. The summed E-state index contributed by atoms with van der Waals surface area (Å²) in [4.78, 5) is 14.2. The molecule has 0 saturated carbocycles. The first-order valence-electron chi connectivity index (χ1n) is 7.13. The van der Waals surface area contributed by atoms with E-state index in [0.717, 1.165) is 18.5 Å². The van der Waals surface area contributed by atoms with E-state index < -0.39 is 5.60 Å². The average Bonchev–Trinajstić information content (AvgIpc) is 2.34. The summed E-state index contributed by atoms with van der Waals surface area (Å²) < 4.78 is 5.53. The minimum atomic E-state index is -0.501. The van der Waals surface area contributed by atoms with Crippen molar-refractivity contribution in [3.8, 4) is 0 Å². The van der Waals surface area contributed by atoms with Crippen molar-refractivity contribution in [1.29, 1.82) is 0 Å². The van der Waals surface area contributed by atoms with E-state index in [2.05, 4.69) is 13.0 Å². The molecular formula is C16H24N2O2. The summed E-state index contributed by atoms with van der Waals surface area (Å²) in [6, 6.07) is 6.17. The van der Waals surface area contributed by atoms with Gasteiger partial charge in [-0.25, -0.2) is 4.79 Å². The van der Waals surface area contributed by atoms with Crippen molar-refractivity contribution in [1.82, 2.24) is 0 Å². The van der Waals surface area contributed by atoms with Gasteiger partial charge in [-0.1, -0.05) is 17.7 Å². The van der Waals surface area contributed by atoms with Crippen LogP contribution in [-0.4, -0.2) is 24.3 Å². The molecule has 20 heavy (non-hydrogen) atoms. The van der Waals surface area contributed by atoms with Gasteiger partial charge in [0.05, 0.1) is 11.7 Å². The average molecular weight is 276 g/mol. The lowest BCUT2D eigenvalue weighted by atomic mass is 9.95. The molecule has 2 rings (SSSR count). The molecule has 110 valence electrons. The van der Waals surface area contributed by atoms with Gasteiger partial charge in [0.1, 0.15) is 5.60 Å². The number of carbonyl (C=O) groups is 1. The van der Waals surface area contributed by atoms with Crippen LogP contribution in [0.15, 0.2) is 18.2 Å². The molecule has 0 radical (unpaired) electrons. The van der Waals surface area contributed by atoms with Crippen LogP contribution in [0, 0.1) is 6.92 Å². The molecule has 0 fully saturated rings. The van der Waals surface area contributed by atoms with Crippen molar-refractivity contribution < 1.29 is 9.53 Å². The van der Waals surface area contributed by atoms with Crippen LogP contribution in [-0.2, 0) is 11.2 Å². The number of amides is 1. The highest BCUT2D eigenvalue weighted by molar-refractivity contribution is 5.90. The van der Waals surface area contributed by atoms with E-state index in [0.29, 0.717) is 6.54 Å². The monoisotopic (exact) mass is 276 g/mol. The fraction of sp³-hybridized carbons (Fsp3) is 0.562. The highest BCUT2D eigenvalue weighted by atomic mass is 16.6. The standard InChI is InChI=1S/C16H24N2O2/c1-11-5-8-14-12(9-11)6-7-13(10-17)18(14)15(19)20-16(2,3)4/h5,8-9,13H,6-7,10,17H2,1-4H3. The van der Waals surface area contributed by atoms with Gasteiger partial charge in [-0.2, -0.15) is 0 Å². The number of anilines is 1. The SMILES string of the molecule is Cc1ccc2c(c1)CCC(CN)N2C(=O)OC(C)(C)C. The van der Waals surface area contributed by atoms with Crippen LogP contribution in [0.25, 0.3) is 0 Å². The molecule has 1 unspecified atom stereocenters. The van der Waals surface area contributed by atoms with E-state index in [1.807, 2.05) is 32.9 Å². The van der Waals surface area contributed by atoms with Gasteiger partial charge in [0, 0.05) is 6.54 Å². The summed E-state index contributed by atoms with van der Waals surface area (Å²) >= 11 is 0. The van der Waals surface area contributed by atoms with E-state index in [-0.39, 0.29) is 12.1 Å². The van der Waals surface area contributed by atoms with E-state index in [4.69, 9.17) is 10.5 Å². The zero-order valence-electron chi connectivity index (χ0n) is 12.8. The van der Waals surface area contributed by atoms with Gasteiger partial charge >= 0.3 is 6.09 Å². The number of benzene rings is 1. The van der Waals surface area contributed by atoms with Crippen LogP contribution in [0.5, 0.6) is 0 Å². The Labute approximate surface area is 120 Å².